The quantitative estimate of drug-likeness (QED) is 0.878. The number of fused-ring (bicyclic) bond motifs is 1. The fourth-order valence-electron chi connectivity index (χ4n) is 4.01. The second-order valence-corrected chi connectivity index (χ2v) is 9.18. The summed E-state index contributed by atoms with van der Waals surface area (Å²) in [6.07, 6.45) is 3.14. The molecule has 0 amide bonds. The molecule has 138 valence electrons. The molecule has 1 N–H and O–H groups in total. The molecule has 0 atom stereocenters. The molecule has 4 nitrogen and oxygen atoms in total. The molecule has 26 heavy (non-hydrogen) atoms. The van der Waals surface area contributed by atoms with Crippen LogP contribution in [0.3, 0.4) is 0 Å². The molecule has 2 aromatic rings. The van der Waals surface area contributed by atoms with E-state index in [0.29, 0.717) is 18.0 Å². The summed E-state index contributed by atoms with van der Waals surface area (Å²) in [7, 11) is -3.43. The summed E-state index contributed by atoms with van der Waals surface area (Å²) in [4.78, 5) is 1.71. The normalized spacial score (nSPS) is 18.8. The first kappa shape index (κ1) is 17.6. The molecule has 0 radical (unpaired) electrons. The van der Waals surface area contributed by atoms with Gasteiger partial charge in [0.25, 0.3) is 0 Å². The number of piperazine rings is 1. The first-order valence-electron chi connectivity index (χ1n) is 9.22. The average Bonchev–Trinajstić information content (AvgIpc) is 3.10. The zero-order chi connectivity index (χ0) is 18.1. The molecule has 1 fully saturated rings. The number of rotatable bonds is 4. The number of quaternary nitrogens is 1. The minimum absolute atomic E-state index is 0.222. The lowest BCUT2D eigenvalue weighted by Crippen LogP contribution is -3.13. The third kappa shape index (κ3) is 3.54. The van der Waals surface area contributed by atoms with Gasteiger partial charge in [0, 0.05) is 5.56 Å². The van der Waals surface area contributed by atoms with Crippen LogP contribution in [0.1, 0.15) is 23.1 Å². The van der Waals surface area contributed by atoms with Crippen molar-refractivity contribution in [3.63, 3.8) is 0 Å². The molecule has 6 heteroatoms. The van der Waals surface area contributed by atoms with Crippen LogP contribution in [0.4, 0.5) is 4.39 Å². The number of nitrogens with zero attached hydrogens (tertiary/aromatic N) is 1. The maximum Gasteiger partial charge on any atom is 0.243 e. The van der Waals surface area contributed by atoms with Crippen LogP contribution in [0.25, 0.3) is 0 Å². The van der Waals surface area contributed by atoms with Crippen LogP contribution in [0.2, 0.25) is 0 Å². The van der Waals surface area contributed by atoms with Crippen molar-refractivity contribution in [2.24, 2.45) is 0 Å². The minimum Gasteiger partial charge on any atom is -0.329 e. The number of hydrogen-bond donors (Lipinski definition) is 1. The number of hydrogen-bond acceptors (Lipinski definition) is 2. The predicted molar refractivity (Wildman–Crippen MR) is 98.0 cm³/mol. The van der Waals surface area contributed by atoms with Crippen LogP contribution in [0.5, 0.6) is 0 Å². The Balaban J connectivity index is 1.42. The second kappa shape index (κ2) is 7.10. The van der Waals surface area contributed by atoms with E-state index >= 15 is 0 Å². The Labute approximate surface area is 154 Å². The van der Waals surface area contributed by atoms with Crippen molar-refractivity contribution in [3.05, 3.63) is 65.0 Å². The Morgan fingerprint density at radius 3 is 2.54 bits per heavy atom. The third-order valence-electron chi connectivity index (χ3n) is 5.48. The van der Waals surface area contributed by atoms with E-state index in [1.54, 1.807) is 22.5 Å². The van der Waals surface area contributed by atoms with Gasteiger partial charge in [0.1, 0.15) is 12.4 Å². The van der Waals surface area contributed by atoms with Gasteiger partial charge in [-0.1, -0.05) is 18.2 Å². The molecular weight excluding hydrogens is 351 g/mol. The van der Waals surface area contributed by atoms with Crippen molar-refractivity contribution in [1.82, 2.24) is 4.31 Å². The van der Waals surface area contributed by atoms with Crippen LogP contribution in [-0.2, 0) is 29.4 Å². The summed E-state index contributed by atoms with van der Waals surface area (Å²) < 4.78 is 40.8. The molecule has 1 saturated heterocycles. The molecule has 0 saturated carbocycles. The zero-order valence-electron chi connectivity index (χ0n) is 14.7. The summed E-state index contributed by atoms with van der Waals surface area (Å²) in [6.45, 7) is 3.21. The van der Waals surface area contributed by atoms with Crippen molar-refractivity contribution >= 4 is 10.0 Å². The fraction of sp³-hybridized carbons (Fsp3) is 0.400. The third-order valence-corrected chi connectivity index (χ3v) is 7.38. The Morgan fingerprint density at radius 2 is 1.77 bits per heavy atom. The molecule has 0 unspecified atom stereocenters. The van der Waals surface area contributed by atoms with E-state index in [4.69, 9.17) is 0 Å². The van der Waals surface area contributed by atoms with Crippen LogP contribution in [-0.4, -0.2) is 38.9 Å². The maximum absolute atomic E-state index is 13.3. The van der Waals surface area contributed by atoms with E-state index in [1.807, 2.05) is 18.2 Å². The van der Waals surface area contributed by atoms with E-state index in [9.17, 15) is 12.8 Å². The highest BCUT2D eigenvalue weighted by molar-refractivity contribution is 7.89. The number of aryl methyl sites for hydroxylation is 2. The van der Waals surface area contributed by atoms with Gasteiger partial charge in [0.2, 0.25) is 10.0 Å². The first-order valence-corrected chi connectivity index (χ1v) is 10.7. The van der Waals surface area contributed by atoms with Gasteiger partial charge in [-0.2, -0.15) is 4.31 Å². The minimum atomic E-state index is -3.43. The molecule has 2 aliphatic rings. The van der Waals surface area contributed by atoms with Gasteiger partial charge in [0.05, 0.1) is 31.1 Å². The molecule has 4 rings (SSSR count). The number of sulfonamides is 1. The largest absolute Gasteiger partial charge is 0.329 e. The SMILES string of the molecule is O=S(=O)(c1ccc2c(c1)CCC2)N1CC[NH+](Cc2cccc(F)c2)CC1. The first-order chi connectivity index (χ1) is 12.5. The van der Waals surface area contributed by atoms with Gasteiger partial charge in [0.15, 0.2) is 0 Å². The van der Waals surface area contributed by atoms with Crippen molar-refractivity contribution in [3.8, 4) is 0 Å². The van der Waals surface area contributed by atoms with Crippen LogP contribution in [0.15, 0.2) is 47.4 Å². The molecule has 0 spiro atoms. The van der Waals surface area contributed by atoms with Gasteiger partial charge >= 0.3 is 0 Å². The summed E-state index contributed by atoms with van der Waals surface area (Å²) in [5.74, 6) is -0.222. The van der Waals surface area contributed by atoms with Crippen LogP contribution < -0.4 is 4.90 Å². The number of benzene rings is 2. The highest BCUT2D eigenvalue weighted by Gasteiger charge is 2.31. The molecule has 1 aliphatic carbocycles. The average molecular weight is 375 g/mol. The van der Waals surface area contributed by atoms with Gasteiger partial charge < -0.3 is 4.90 Å². The lowest BCUT2D eigenvalue weighted by Gasteiger charge is -2.31. The van der Waals surface area contributed by atoms with E-state index < -0.39 is 10.0 Å². The lowest BCUT2D eigenvalue weighted by molar-refractivity contribution is -0.917. The highest BCUT2D eigenvalue weighted by atomic mass is 32.2. The van der Waals surface area contributed by atoms with Gasteiger partial charge in [-0.15, -0.1) is 0 Å². The number of halogens is 1. The van der Waals surface area contributed by atoms with Crippen molar-refractivity contribution in [1.29, 1.82) is 0 Å². The van der Waals surface area contributed by atoms with Gasteiger partial charge in [-0.3, -0.25) is 0 Å². The van der Waals surface area contributed by atoms with Crippen molar-refractivity contribution in [2.45, 2.75) is 30.7 Å². The monoisotopic (exact) mass is 375 g/mol. The molecular formula is C20H24FN2O2S+. The smallest absolute Gasteiger partial charge is 0.243 e. The summed E-state index contributed by atoms with van der Waals surface area (Å²) >= 11 is 0. The van der Waals surface area contributed by atoms with Crippen LogP contribution in [0, 0.1) is 5.82 Å². The van der Waals surface area contributed by atoms with E-state index in [1.165, 1.54) is 22.1 Å². The molecule has 0 aromatic heterocycles. The van der Waals surface area contributed by atoms with Gasteiger partial charge in [-0.25, -0.2) is 12.8 Å². The predicted octanol–water partition coefficient (Wildman–Crippen LogP) is 1.40. The van der Waals surface area contributed by atoms with Crippen molar-refractivity contribution in [2.75, 3.05) is 26.2 Å². The molecule has 0 bridgehead atoms. The van der Waals surface area contributed by atoms with E-state index in [-0.39, 0.29) is 5.82 Å². The van der Waals surface area contributed by atoms with Gasteiger partial charge in [-0.05, 0) is 54.7 Å². The Kier molecular flexibility index (Phi) is 4.82. The van der Waals surface area contributed by atoms with Crippen molar-refractivity contribution < 1.29 is 17.7 Å². The standard InChI is InChI=1S/C20H23FN2O2S/c21-19-6-1-3-16(13-19)15-22-9-11-23(12-10-22)26(24,25)20-8-7-17-4-2-5-18(17)14-20/h1,3,6-8,13-14H,2,4-5,9-12,15H2/p+1. The van der Waals surface area contributed by atoms with Crippen LogP contribution >= 0.6 is 0 Å². The topological polar surface area (TPSA) is 41.8 Å². The molecule has 1 aliphatic heterocycles. The maximum atomic E-state index is 13.3. The zero-order valence-corrected chi connectivity index (χ0v) is 15.6. The molecule has 1 heterocycles. The Morgan fingerprint density at radius 1 is 1.00 bits per heavy atom. The summed E-state index contributed by atoms with van der Waals surface area (Å²) in [5.41, 5.74) is 3.42. The van der Waals surface area contributed by atoms with E-state index in [0.717, 1.165) is 44.5 Å². The Hall–Kier alpha value is -1.76. The highest BCUT2D eigenvalue weighted by Crippen LogP contribution is 2.26. The summed E-state index contributed by atoms with van der Waals surface area (Å²) in [5, 5.41) is 0. The second-order valence-electron chi connectivity index (χ2n) is 7.24. The molecule has 2 aromatic carbocycles. The Bertz CT molecular complexity index is 906. The lowest BCUT2D eigenvalue weighted by atomic mass is 10.1. The van der Waals surface area contributed by atoms with E-state index in [2.05, 4.69) is 0 Å². The fourth-order valence-corrected chi connectivity index (χ4v) is 5.51. The summed E-state index contributed by atoms with van der Waals surface area (Å²) in [6, 6.07) is 12.2. The number of nitrogens with one attached hydrogen (secondary N) is 1.